The number of aliphatic carboxylic acids is 1. The molecule has 0 saturated heterocycles. The predicted octanol–water partition coefficient (Wildman–Crippen LogP) is 2.18. The van der Waals surface area contributed by atoms with E-state index < -0.39 is 12.1 Å². The van der Waals surface area contributed by atoms with E-state index in [1.54, 1.807) is 0 Å². The third kappa shape index (κ3) is 5.51. The van der Waals surface area contributed by atoms with Crippen LogP contribution in [0, 0.1) is 6.92 Å². The molecule has 0 aliphatic carbocycles. The number of alkyl halides is 3. The summed E-state index contributed by atoms with van der Waals surface area (Å²) in [6.45, 7) is 5.85. The Bertz CT molecular complexity index is 745. The maximum atomic E-state index is 10.6. The average Bonchev–Trinajstić information content (AvgIpc) is 3.07. The zero-order chi connectivity index (χ0) is 19.3. The van der Waals surface area contributed by atoms with Gasteiger partial charge in [0, 0.05) is 35.9 Å². The number of aromatic nitrogens is 3. The minimum atomic E-state index is -5.08. The van der Waals surface area contributed by atoms with Crippen molar-refractivity contribution >= 4 is 17.3 Å². The average molecular weight is 392 g/mol. The van der Waals surface area contributed by atoms with Crippen molar-refractivity contribution in [2.45, 2.75) is 45.8 Å². The van der Waals surface area contributed by atoms with Gasteiger partial charge in [-0.1, -0.05) is 5.21 Å². The number of carboxylic acid groups (broad SMARTS) is 1. The quantitative estimate of drug-likeness (QED) is 0.832. The predicted molar refractivity (Wildman–Crippen MR) is 87.4 cm³/mol. The van der Waals surface area contributed by atoms with Gasteiger partial charge in [0.25, 0.3) is 0 Å². The molecule has 0 atom stereocenters. The molecule has 144 valence electrons. The Morgan fingerprint density at radius 3 is 2.58 bits per heavy atom. The number of fused-ring (bicyclic) bond motifs is 1. The molecular weight excluding hydrogens is 373 g/mol. The SMILES string of the molecule is Cc1ccc(CN2CCCn3nnc(CO)c3C2)s1.O=C(O)C(F)(F)F. The number of nitrogens with zero attached hydrogens (tertiary/aromatic N) is 4. The number of aliphatic hydroxyl groups is 1. The number of aryl methyl sites for hydroxylation is 2. The van der Waals surface area contributed by atoms with Crippen LogP contribution in [0.4, 0.5) is 13.2 Å². The van der Waals surface area contributed by atoms with Crippen molar-refractivity contribution in [3.05, 3.63) is 33.3 Å². The highest BCUT2D eigenvalue weighted by Gasteiger charge is 2.38. The van der Waals surface area contributed by atoms with Crippen molar-refractivity contribution in [3.63, 3.8) is 0 Å². The first-order chi connectivity index (χ1) is 12.2. The van der Waals surface area contributed by atoms with E-state index in [0.717, 1.165) is 38.3 Å². The van der Waals surface area contributed by atoms with Crippen LogP contribution in [0.25, 0.3) is 0 Å². The first kappa shape index (κ1) is 20.3. The highest BCUT2D eigenvalue weighted by Crippen LogP contribution is 2.21. The summed E-state index contributed by atoms with van der Waals surface area (Å²) in [5.74, 6) is -2.76. The molecule has 3 rings (SSSR count). The fourth-order valence-corrected chi connectivity index (χ4v) is 3.44. The van der Waals surface area contributed by atoms with E-state index in [4.69, 9.17) is 9.90 Å². The van der Waals surface area contributed by atoms with Crippen LogP contribution in [0.15, 0.2) is 12.1 Å². The van der Waals surface area contributed by atoms with Gasteiger partial charge in [-0.25, -0.2) is 9.48 Å². The van der Waals surface area contributed by atoms with Crippen LogP contribution in [0.2, 0.25) is 0 Å². The fourth-order valence-electron chi connectivity index (χ4n) is 2.50. The standard InChI is InChI=1S/C13H18N4OS.C2HF3O2/c1-10-3-4-11(19-10)7-16-5-2-6-17-13(8-16)12(9-18)14-15-17;3-2(4,5)1(6)7/h3-4,18H,2,5-9H2,1H3;(H,6,7). The van der Waals surface area contributed by atoms with E-state index in [-0.39, 0.29) is 6.61 Å². The van der Waals surface area contributed by atoms with Gasteiger partial charge in [-0.05, 0) is 25.5 Å². The molecular formula is C15H19F3N4O3S. The van der Waals surface area contributed by atoms with Gasteiger partial charge in [0.15, 0.2) is 0 Å². The molecule has 2 aromatic rings. The Labute approximate surface area is 151 Å². The largest absolute Gasteiger partial charge is 0.490 e. The Balaban J connectivity index is 0.000000298. The number of thiophene rings is 1. The summed E-state index contributed by atoms with van der Waals surface area (Å²) < 4.78 is 33.7. The van der Waals surface area contributed by atoms with Crippen molar-refractivity contribution in [3.8, 4) is 0 Å². The summed E-state index contributed by atoms with van der Waals surface area (Å²) in [4.78, 5) is 14.1. The molecule has 0 radical (unpaired) electrons. The van der Waals surface area contributed by atoms with Crippen LogP contribution in [-0.2, 0) is 31.0 Å². The van der Waals surface area contributed by atoms with E-state index in [2.05, 4.69) is 34.3 Å². The van der Waals surface area contributed by atoms with Crippen molar-refractivity contribution < 1.29 is 28.2 Å². The topological polar surface area (TPSA) is 91.5 Å². The monoisotopic (exact) mass is 392 g/mol. The molecule has 7 nitrogen and oxygen atoms in total. The second kappa shape index (κ2) is 8.60. The third-order valence-corrected chi connectivity index (χ3v) is 4.69. The van der Waals surface area contributed by atoms with Gasteiger partial charge in [-0.2, -0.15) is 13.2 Å². The zero-order valence-corrected chi connectivity index (χ0v) is 14.8. The summed E-state index contributed by atoms with van der Waals surface area (Å²) in [6.07, 6.45) is -4.01. The summed E-state index contributed by atoms with van der Waals surface area (Å²) in [5.41, 5.74) is 1.78. The van der Waals surface area contributed by atoms with Gasteiger partial charge in [-0.3, -0.25) is 4.90 Å². The van der Waals surface area contributed by atoms with E-state index in [9.17, 15) is 18.3 Å². The van der Waals surface area contributed by atoms with Crippen molar-refractivity contribution in [2.24, 2.45) is 0 Å². The molecule has 26 heavy (non-hydrogen) atoms. The molecule has 3 heterocycles. The molecule has 11 heteroatoms. The normalized spacial score (nSPS) is 15.0. The van der Waals surface area contributed by atoms with Crippen molar-refractivity contribution in [1.82, 2.24) is 19.9 Å². The van der Waals surface area contributed by atoms with Crippen molar-refractivity contribution in [2.75, 3.05) is 6.54 Å². The van der Waals surface area contributed by atoms with Gasteiger partial charge in [-0.15, -0.1) is 16.4 Å². The zero-order valence-electron chi connectivity index (χ0n) is 14.0. The number of carbonyl (C=O) groups is 1. The van der Waals surface area contributed by atoms with Gasteiger partial charge in [0.2, 0.25) is 0 Å². The van der Waals surface area contributed by atoms with Crippen LogP contribution in [0.5, 0.6) is 0 Å². The highest BCUT2D eigenvalue weighted by molar-refractivity contribution is 7.11. The molecule has 2 N–H and O–H groups in total. The number of hydrogen-bond donors (Lipinski definition) is 2. The lowest BCUT2D eigenvalue weighted by Gasteiger charge is -2.18. The number of halogens is 3. The smallest absolute Gasteiger partial charge is 0.475 e. The molecule has 0 saturated carbocycles. The van der Waals surface area contributed by atoms with Crippen LogP contribution < -0.4 is 0 Å². The van der Waals surface area contributed by atoms with E-state index in [1.165, 1.54) is 9.75 Å². The molecule has 2 aromatic heterocycles. The lowest BCUT2D eigenvalue weighted by molar-refractivity contribution is -0.192. The lowest BCUT2D eigenvalue weighted by atomic mass is 10.3. The maximum absolute atomic E-state index is 10.6. The van der Waals surface area contributed by atoms with Crippen LogP contribution in [-0.4, -0.2) is 48.8 Å². The molecule has 0 spiro atoms. The lowest BCUT2D eigenvalue weighted by Crippen LogP contribution is -2.22. The summed E-state index contributed by atoms with van der Waals surface area (Å²) in [7, 11) is 0. The van der Waals surface area contributed by atoms with Gasteiger partial charge >= 0.3 is 12.1 Å². The Kier molecular flexibility index (Phi) is 6.73. The molecule has 1 aliphatic rings. The highest BCUT2D eigenvalue weighted by atomic mass is 32.1. The second-order valence-corrected chi connectivity index (χ2v) is 7.12. The van der Waals surface area contributed by atoms with Gasteiger partial charge < -0.3 is 10.2 Å². The van der Waals surface area contributed by atoms with Gasteiger partial charge in [0.05, 0.1) is 12.3 Å². The third-order valence-electron chi connectivity index (χ3n) is 3.70. The van der Waals surface area contributed by atoms with Crippen molar-refractivity contribution in [1.29, 1.82) is 0 Å². The number of carboxylic acids is 1. The maximum Gasteiger partial charge on any atom is 0.490 e. The Hall–Kier alpha value is -1.98. The fraction of sp³-hybridized carbons (Fsp3) is 0.533. The first-order valence-corrected chi connectivity index (χ1v) is 8.62. The number of hydrogen-bond acceptors (Lipinski definition) is 6. The molecule has 0 fully saturated rings. The number of aliphatic hydroxyl groups excluding tert-OH is 1. The minimum Gasteiger partial charge on any atom is -0.475 e. The summed E-state index contributed by atoms with van der Waals surface area (Å²) in [6, 6.07) is 4.37. The van der Waals surface area contributed by atoms with Gasteiger partial charge in [0.1, 0.15) is 5.69 Å². The van der Waals surface area contributed by atoms with E-state index in [1.807, 2.05) is 16.0 Å². The molecule has 0 unspecified atom stereocenters. The first-order valence-electron chi connectivity index (χ1n) is 7.80. The molecule has 0 bridgehead atoms. The molecule has 0 aromatic carbocycles. The van der Waals surface area contributed by atoms with Crippen LogP contribution in [0.1, 0.15) is 27.6 Å². The molecule has 1 aliphatic heterocycles. The molecule has 0 amide bonds. The minimum absolute atomic E-state index is 0.0265. The van der Waals surface area contributed by atoms with E-state index >= 15 is 0 Å². The second-order valence-electron chi connectivity index (χ2n) is 5.74. The number of rotatable bonds is 3. The summed E-state index contributed by atoms with van der Waals surface area (Å²) in [5, 5.41) is 24.6. The van der Waals surface area contributed by atoms with Crippen LogP contribution in [0.3, 0.4) is 0 Å². The van der Waals surface area contributed by atoms with Crippen LogP contribution >= 0.6 is 11.3 Å². The Morgan fingerprint density at radius 2 is 2.04 bits per heavy atom. The Morgan fingerprint density at radius 1 is 1.35 bits per heavy atom. The summed E-state index contributed by atoms with van der Waals surface area (Å²) >= 11 is 1.85. The van der Waals surface area contributed by atoms with E-state index in [0.29, 0.717) is 5.69 Å².